The van der Waals surface area contributed by atoms with Crippen molar-refractivity contribution in [3.05, 3.63) is 146 Å². The smallest absolute Gasteiger partial charge is 0.124 e. The lowest BCUT2D eigenvalue weighted by molar-refractivity contribution is 1.30. The number of fused-ring (bicyclic) bond motifs is 6. The number of nitrogens with zero attached hydrogens (tertiary/aromatic N) is 2. The Hall–Kier alpha value is -5.03. The minimum atomic E-state index is 1.06. The number of thiazole rings is 1. The molecule has 0 radical (unpaired) electrons. The summed E-state index contributed by atoms with van der Waals surface area (Å²) in [5.74, 6) is 0. The van der Waals surface area contributed by atoms with E-state index < -0.39 is 0 Å². The second kappa shape index (κ2) is 9.77. The number of hydrogen-bond donors (Lipinski definition) is 0. The number of thiophene rings is 1. The molecule has 2 nitrogen and oxygen atoms in total. The Kier molecular flexibility index (Phi) is 5.58. The Morgan fingerprint density at radius 2 is 1.00 bits per heavy atom. The molecule has 9 rings (SSSR count). The van der Waals surface area contributed by atoms with Gasteiger partial charge in [0, 0.05) is 42.8 Å². The van der Waals surface area contributed by atoms with Crippen LogP contribution in [0.1, 0.15) is 0 Å². The highest BCUT2D eigenvalue weighted by Gasteiger charge is 2.17. The molecule has 4 heteroatoms. The average Bonchev–Trinajstić information content (AvgIpc) is 3.64. The van der Waals surface area contributed by atoms with Crippen molar-refractivity contribution >= 4 is 91.7 Å². The van der Waals surface area contributed by atoms with Gasteiger partial charge in [-0.25, -0.2) is 4.98 Å². The Labute approximate surface area is 256 Å². The molecule has 0 aliphatic rings. The molecule has 0 atom stereocenters. The van der Waals surface area contributed by atoms with Crippen LogP contribution in [-0.2, 0) is 0 Å². The number of anilines is 3. The molecule has 0 bridgehead atoms. The molecule has 0 aliphatic carbocycles. The van der Waals surface area contributed by atoms with Crippen LogP contribution in [-0.4, -0.2) is 4.98 Å². The molecule has 0 N–H and O–H groups in total. The predicted molar refractivity (Wildman–Crippen MR) is 188 cm³/mol. The molecule has 0 amide bonds. The molecular weight excluding hydrogens is 561 g/mol. The molecule has 0 aliphatic heterocycles. The lowest BCUT2D eigenvalue weighted by atomic mass is 10.1. The Bertz CT molecular complexity index is 2390. The first kappa shape index (κ1) is 24.6. The van der Waals surface area contributed by atoms with Crippen molar-refractivity contribution in [3.63, 3.8) is 0 Å². The molecule has 43 heavy (non-hydrogen) atoms. The van der Waals surface area contributed by atoms with E-state index in [9.17, 15) is 0 Å². The van der Waals surface area contributed by atoms with Crippen LogP contribution >= 0.6 is 22.7 Å². The first-order chi connectivity index (χ1) is 21.3. The molecule has 2 heterocycles. The lowest BCUT2D eigenvalue weighted by Gasteiger charge is -2.26. The number of benzene rings is 7. The van der Waals surface area contributed by atoms with Crippen molar-refractivity contribution in [2.24, 2.45) is 0 Å². The van der Waals surface area contributed by atoms with Gasteiger partial charge in [-0.1, -0.05) is 91.0 Å². The predicted octanol–water partition coefficient (Wildman–Crippen LogP) is 12.1. The zero-order valence-corrected chi connectivity index (χ0v) is 24.7. The second-order valence-corrected chi connectivity index (χ2v) is 13.0. The van der Waals surface area contributed by atoms with Crippen LogP contribution in [0, 0.1) is 0 Å². The average molecular weight is 585 g/mol. The van der Waals surface area contributed by atoms with E-state index in [1.54, 1.807) is 11.3 Å². The van der Waals surface area contributed by atoms with Crippen molar-refractivity contribution in [1.29, 1.82) is 0 Å². The van der Waals surface area contributed by atoms with Crippen molar-refractivity contribution in [2.75, 3.05) is 4.90 Å². The van der Waals surface area contributed by atoms with Crippen LogP contribution in [0.25, 0.3) is 62.5 Å². The fourth-order valence-electron chi connectivity index (χ4n) is 6.11. The van der Waals surface area contributed by atoms with E-state index >= 15 is 0 Å². The molecule has 9 aromatic rings. The van der Waals surface area contributed by atoms with Gasteiger partial charge in [0.25, 0.3) is 0 Å². The van der Waals surface area contributed by atoms with Gasteiger partial charge in [-0.3, -0.25) is 0 Å². The summed E-state index contributed by atoms with van der Waals surface area (Å²) in [5, 5.41) is 8.53. The van der Waals surface area contributed by atoms with Crippen molar-refractivity contribution in [1.82, 2.24) is 4.98 Å². The highest BCUT2D eigenvalue weighted by atomic mass is 32.1. The van der Waals surface area contributed by atoms with Crippen molar-refractivity contribution < 1.29 is 0 Å². The van der Waals surface area contributed by atoms with Crippen LogP contribution in [0.15, 0.2) is 146 Å². The van der Waals surface area contributed by atoms with Gasteiger partial charge >= 0.3 is 0 Å². The monoisotopic (exact) mass is 584 g/mol. The van der Waals surface area contributed by atoms with E-state index in [0.717, 1.165) is 27.6 Å². The summed E-state index contributed by atoms with van der Waals surface area (Å²) < 4.78 is 3.81. The molecule has 2 aromatic heterocycles. The van der Waals surface area contributed by atoms with Crippen molar-refractivity contribution in [3.8, 4) is 10.6 Å². The van der Waals surface area contributed by atoms with E-state index in [-0.39, 0.29) is 0 Å². The van der Waals surface area contributed by atoms with Gasteiger partial charge in [0.1, 0.15) is 5.01 Å². The van der Waals surface area contributed by atoms with Crippen molar-refractivity contribution in [2.45, 2.75) is 0 Å². The van der Waals surface area contributed by atoms with Gasteiger partial charge in [0.2, 0.25) is 0 Å². The normalized spacial score (nSPS) is 11.7. The van der Waals surface area contributed by atoms with Crippen LogP contribution in [0.4, 0.5) is 17.1 Å². The van der Waals surface area contributed by atoms with E-state index in [0.29, 0.717) is 0 Å². The molecule has 7 aromatic carbocycles. The standard InChI is InChI=1S/C39H24N2S2/c1-2-10-27(11-3-1)39-40-35-23-34-33-22-32(18-19-36(33)42-37(34)24-38(35)43-39)41(30-16-14-25-8-4-6-12-28(25)20-30)31-17-15-26-9-5-7-13-29(26)21-31/h1-24H. The first-order valence-corrected chi connectivity index (χ1v) is 16.0. The largest absolute Gasteiger partial charge is 0.310 e. The molecular formula is C39H24N2S2. The molecule has 0 spiro atoms. The number of aromatic nitrogens is 1. The SMILES string of the molecule is c1ccc(-c2nc3cc4c(cc3s2)sc2ccc(N(c3ccc5ccccc5c3)c3ccc5ccccc5c3)cc24)cc1. The summed E-state index contributed by atoms with van der Waals surface area (Å²) >= 11 is 3.62. The number of rotatable bonds is 4. The summed E-state index contributed by atoms with van der Waals surface area (Å²) in [5.41, 5.74) is 5.65. The fraction of sp³-hybridized carbons (Fsp3) is 0. The Morgan fingerprint density at radius 3 is 1.70 bits per heavy atom. The van der Waals surface area contributed by atoms with Gasteiger partial charge in [-0.05, 0) is 76.1 Å². The second-order valence-electron chi connectivity index (χ2n) is 10.9. The fourth-order valence-corrected chi connectivity index (χ4v) is 8.28. The van der Waals surface area contributed by atoms with Crippen LogP contribution in [0.5, 0.6) is 0 Å². The maximum Gasteiger partial charge on any atom is 0.124 e. The highest BCUT2D eigenvalue weighted by Crippen LogP contribution is 2.43. The summed E-state index contributed by atoms with van der Waals surface area (Å²) in [7, 11) is 0. The molecule has 202 valence electrons. The third kappa shape index (κ3) is 4.18. The molecule has 0 saturated heterocycles. The Morgan fingerprint density at radius 1 is 0.419 bits per heavy atom. The van der Waals surface area contributed by atoms with E-state index in [4.69, 9.17) is 4.98 Å². The summed E-state index contributed by atoms with van der Waals surface area (Å²) in [6.45, 7) is 0. The third-order valence-corrected chi connectivity index (χ3v) is 10.4. The zero-order chi connectivity index (χ0) is 28.3. The van der Waals surface area contributed by atoms with E-state index in [1.807, 2.05) is 11.3 Å². The highest BCUT2D eigenvalue weighted by molar-refractivity contribution is 7.26. The van der Waals surface area contributed by atoms with Crippen LogP contribution < -0.4 is 4.90 Å². The van der Waals surface area contributed by atoms with Gasteiger partial charge in [-0.15, -0.1) is 22.7 Å². The van der Waals surface area contributed by atoms with Gasteiger partial charge in [-0.2, -0.15) is 0 Å². The molecule has 0 saturated carbocycles. The van der Waals surface area contributed by atoms with E-state index in [2.05, 4.69) is 150 Å². The topological polar surface area (TPSA) is 16.1 Å². The van der Waals surface area contributed by atoms with Gasteiger partial charge < -0.3 is 4.90 Å². The lowest BCUT2D eigenvalue weighted by Crippen LogP contribution is -2.09. The minimum Gasteiger partial charge on any atom is -0.310 e. The molecule has 0 unspecified atom stereocenters. The first-order valence-electron chi connectivity index (χ1n) is 14.4. The van der Waals surface area contributed by atoms with Crippen LogP contribution in [0.3, 0.4) is 0 Å². The Balaban J connectivity index is 1.24. The number of hydrogen-bond acceptors (Lipinski definition) is 4. The summed E-state index contributed by atoms with van der Waals surface area (Å²) in [6, 6.07) is 52.6. The quantitative estimate of drug-likeness (QED) is 0.205. The summed E-state index contributed by atoms with van der Waals surface area (Å²) in [4.78, 5) is 7.43. The van der Waals surface area contributed by atoms with Gasteiger partial charge in [0.05, 0.1) is 10.2 Å². The third-order valence-electron chi connectivity index (χ3n) is 8.22. The summed E-state index contributed by atoms with van der Waals surface area (Å²) in [6.07, 6.45) is 0. The maximum absolute atomic E-state index is 5.04. The zero-order valence-electron chi connectivity index (χ0n) is 23.1. The van der Waals surface area contributed by atoms with Gasteiger partial charge in [0.15, 0.2) is 0 Å². The molecule has 0 fully saturated rings. The van der Waals surface area contributed by atoms with Crippen LogP contribution in [0.2, 0.25) is 0 Å². The van der Waals surface area contributed by atoms with E-state index in [1.165, 1.54) is 52.0 Å². The maximum atomic E-state index is 5.04. The minimum absolute atomic E-state index is 1.06.